The third-order valence-corrected chi connectivity index (χ3v) is 5.65. The number of Topliss-reactive ketones (excluding diaryl/α,β-unsaturated/α-hetero) is 1. The molecule has 0 aromatic heterocycles. The van der Waals surface area contributed by atoms with E-state index >= 15 is 0 Å². The number of hydrogen-bond acceptors (Lipinski definition) is 8. The van der Waals surface area contributed by atoms with Gasteiger partial charge in [0.05, 0.1) is 12.5 Å². The molecule has 1 aromatic rings. The first-order valence-corrected chi connectivity index (χ1v) is 11.1. The number of anilines is 1. The summed E-state index contributed by atoms with van der Waals surface area (Å²) in [4.78, 5) is 68.9. The van der Waals surface area contributed by atoms with Crippen molar-refractivity contribution in [1.82, 2.24) is 10.2 Å². The third-order valence-electron chi connectivity index (χ3n) is 5.35. The molecule has 0 spiro atoms. The maximum Gasteiger partial charge on any atom is 0.360 e. The van der Waals surface area contributed by atoms with Crippen LogP contribution in [0.3, 0.4) is 0 Å². The number of nitrogens with two attached hydrogens (primary N) is 3. The molecule has 2 rings (SSSR count). The zero-order valence-corrected chi connectivity index (χ0v) is 20.1. The Balaban J connectivity index is 2.65. The molecule has 2 amide bonds. The maximum absolute atomic E-state index is 13.4. The zero-order chi connectivity index (χ0) is 27.2. The van der Waals surface area contributed by atoms with Crippen molar-refractivity contribution in [1.29, 1.82) is 0 Å². The zero-order valence-electron chi connectivity index (χ0n) is 19.3. The second-order valence-electron chi connectivity index (χ2n) is 7.87. The summed E-state index contributed by atoms with van der Waals surface area (Å²) in [6.07, 6.45) is -0.430. The molecule has 1 heterocycles. The van der Waals surface area contributed by atoms with Gasteiger partial charge in [-0.05, 0) is 44.1 Å². The van der Waals surface area contributed by atoms with Crippen molar-refractivity contribution in [2.45, 2.75) is 43.9 Å². The number of ketones is 1. The summed E-state index contributed by atoms with van der Waals surface area (Å²) in [5.74, 6) is -6.71. The highest BCUT2D eigenvalue weighted by Crippen LogP contribution is 2.33. The van der Waals surface area contributed by atoms with Crippen molar-refractivity contribution < 1.29 is 34.2 Å². The molecule has 1 aliphatic rings. The highest BCUT2D eigenvalue weighted by atomic mass is 32.1. The van der Waals surface area contributed by atoms with Crippen LogP contribution in [0, 0.1) is 0 Å². The molecule has 9 N–H and O–H groups in total. The lowest BCUT2D eigenvalue weighted by Crippen LogP contribution is -2.74. The summed E-state index contributed by atoms with van der Waals surface area (Å²) < 4.78 is 0. The van der Waals surface area contributed by atoms with Crippen molar-refractivity contribution in [3.63, 3.8) is 0 Å². The van der Waals surface area contributed by atoms with Crippen molar-refractivity contribution in [3.05, 3.63) is 30.3 Å². The van der Waals surface area contributed by atoms with Crippen LogP contribution in [0.2, 0.25) is 0 Å². The second-order valence-corrected chi connectivity index (χ2v) is 8.26. The van der Waals surface area contributed by atoms with Crippen LogP contribution in [0.4, 0.5) is 5.69 Å². The van der Waals surface area contributed by atoms with E-state index in [1.54, 1.807) is 6.07 Å². The lowest BCUT2D eigenvalue weighted by atomic mass is 9.97. The van der Waals surface area contributed by atoms with Gasteiger partial charge in [-0.15, -0.1) is 0 Å². The molecule has 36 heavy (non-hydrogen) atoms. The van der Waals surface area contributed by atoms with Gasteiger partial charge in [-0.2, -0.15) is 0 Å². The van der Waals surface area contributed by atoms with Crippen LogP contribution < -0.4 is 27.4 Å². The number of amides is 2. The quantitative estimate of drug-likeness (QED) is 0.0595. The van der Waals surface area contributed by atoms with E-state index in [1.807, 2.05) is 0 Å². The number of carboxylic acids is 2. The highest BCUT2D eigenvalue weighted by Gasteiger charge is 2.63. The van der Waals surface area contributed by atoms with E-state index in [-0.39, 0.29) is 24.6 Å². The molecule has 0 radical (unpaired) electrons. The van der Waals surface area contributed by atoms with E-state index in [0.717, 1.165) is 6.92 Å². The second kappa shape index (κ2) is 11.5. The van der Waals surface area contributed by atoms with Crippen LogP contribution in [0.25, 0.3) is 0 Å². The van der Waals surface area contributed by atoms with Gasteiger partial charge in [0.15, 0.2) is 16.9 Å². The number of rotatable bonds is 12. The largest absolute Gasteiger partial charge is 0.481 e. The maximum atomic E-state index is 13.4. The number of carbonyl (C=O) groups is 5. The van der Waals surface area contributed by atoms with E-state index in [2.05, 4.69) is 10.3 Å². The van der Waals surface area contributed by atoms with Crippen LogP contribution in [0.15, 0.2) is 35.3 Å². The van der Waals surface area contributed by atoms with E-state index in [4.69, 9.17) is 34.5 Å². The predicted octanol–water partition coefficient (Wildman–Crippen LogP) is -1.67. The third kappa shape index (κ3) is 5.58. The number of para-hydroxylation sites is 1. The summed E-state index contributed by atoms with van der Waals surface area (Å²) in [7, 11) is 0. The molecular weight excluding hydrogens is 494 g/mol. The fraction of sp³-hybridized carbons (Fsp3) is 0.381. The molecule has 1 aromatic carbocycles. The minimum atomic E-state index is -3.00. The number of benzene rings is 1. The van der Waals surface area contributed by atoms with Gasteiger partial charge in [0.1, 0.15) is 6.04 Å². The van der Waals surface area contributed by atoms with Crippen LogP contribution in [-0.4, -0.2) is 80.0 Å². The van der Waals surface area contributed by atoms with Crippen LogP contribution in [0.1, 0.15) is 26.2 Å². The van der Waals surface area contributed by atoms with Gasteiger partial charge in [-0.25, -0.2) is 9.69 Å². The summed E-state index contributed by atoms with van der Waals surface area (Å²) in [6, 6.07) is 4.34. The summed E-state index contributed by atoms with van der Waals surface area (Å²) in [5, 5.41) is 21.8. The normalized spacial score (nSPS) is 17.5. The van der Waals surface area contributed by atoms with Crippen LogP contribution >= 0.6 is 12.2 Å². The van der Waals surface area contributed by atoms with Crippen LogP contribution in [0.5, 0.6) is 0 Å². The Morgan fingerprint density at radius 1 is 1.22 bits per heavy atom. The summed E-state index contributed by atoms with van der Waals surface area (Å²) in [5.41, 5.74) is 13.2. The molecule has 0 saturated carbocycles. The first-order valence-electron chi connectivity index (χ1n) is 10.7. The minimum Gasteiger partial charge on any atom is -0.481 e. The number of hydrogen-bond donors (Lipinski definition) is 6. The molecule has 14 nitrogen and oxygen atoms in total. The predicted molar refractivity (Wildman–Crippen MR) is 131 cm³/mol. The van der Waals surface area contributed by atoms with Gasteiger partial charge in [0.2, 0.25) is 5.91 Å². The number of thiocarbonyl (C=S) groups is 1. The van der Waals surface area contributed by atoms with Crippen molar-refractivity contribution in [3.8, 4) is 0 Å². The summed E-state index contributed by atoms with van der Waals surface area (Å²) in [6.45, 7) is 1.05. The molecule has 0 unspecified atom stereocenters. The number of nitrogens with zero attached hydrogens (tertiary/aromatic N) is 3. The Morgan fingerprint density at radius 3 is 2.33 bits per heavy atom. The molecule has 0 aliphatic carbocycles. The van der Waals surface area contributed by atoms with Gasteiger partial charge in [-0.3, -0.25) is 29.1 Å². The van der Waals surface area contributed by atoms with E-state index in [0.29, 0.717) is 16.2 Å². The van der Waals surface area contributed by atoms with Gasteiger partial charge in [-0.1, -0.05) is 18.2 Å². The molecule has 1 aliphatic heterocycles. The Kier molecular flexibility index (Phi) is 9.02. The van der Waals surface area contributed by atoms with Crippen molar-refractivity contribution >= 4 is 58.5 Å². The number of carbonyl (C=O) groups excluding carboxylic acids is 3. The lowest BCUT2D eigenvalue weighted by molar-refractivity contribution is -0.160. The smallest absolute Gasteiger partial charge is 0.360 e. The number of guanidine groups is 1. The number of aliphatic imine (C=N–C) groups is 1. The molecular formula is C21H27N7O7S. The fourth-order valence-electron chi connectivity index (χ4n) is 3.79. The van der Waals surface area contributed by atoms with Gasteiger partial charge < -0.3 is 32.7 Å². The molecule has 0 bridgehead atoms. The van der Waals surface area contributed by atoms with E-state index in [9.17, 15) is 29.1 Å². The minimum absolute atomic E-state index is 0.118. The van der Waals surface area contributed by atoms with Gasteiger partial charge in [0, 0.05) is 12.2 Å². The standard InChI is InChI=1S/C21H27N7O7S/c1-11(29)21(18(34)35,28-17(33)14(26-20(28)36)8-5-9-25-19(23)24)27(12-6-3-2-4-7-12)16(32)13(22)10-15(30)31/h2-4,6-7,13-14H,5,8-10,22H2,1H3,(H,26,36)(H,30,31)(H,34,35)(H4,23,24,25)/t13-,14-,21+/m0/s1. The SMILES string of the molecule is CC(=O)[C@](C(=O)O)(N1C(=O)[C@H](CCCN=C(N)N)NC1=S)N(C(=O)[C@@H](N)CC(=O)O)c1ccccc1. The van der Waals surface area contributed by atoms with Crippen LogP contribution in [-0.2, 0) is 24.0 Å². The van der Waals surface area contributed by atoms with Gasteiger partial charge >= 0.3 is 11.9 Å². The Morgan fingerprint density at radius 2 is 1.83 bits per heavy atom. The monoisotopic (exact) mass is 521 g/mol. The fourth-order valence-corrected chi connectivity index (χ4v) is 4.15. The number of nitrogens with one attached hydrogen (secondary N) is 1. The molecule has 15 heteroatoms. The molecule has 1 saturated heterocycles. The first kappa shape index (κ1) is 28.1. The number of carboxylic acid groups (broad SMARTS) is 2. The molecule has 1 fully saturated rings. The Labute approximate surface area is 211 Å². The average molecular weight is 522 g/mol. The Bertz CT molecular complexity index is 1080. The summed E-state index contributed by atoms with van der Waals surface area (Å²) >= 11 is 5.24. The lowest BCUT2D eigenvalue weighted by Gasteiger charge is -2.44. The molecule has 3 atom stereocenters. The number of aliphatic carboxylic acids is 2. The first-order chi connectivity index (χ1) is 16.8. The van der Waals surface area contributed by atoms with Crippen molar-refractivity contribution in [2.75, 3.05) is 11.4 Å². The van der Waals surface area contributed by atoms with Gasteiger partial charge in [0.25, 0.3) is 11.6 Å². The average Bonchev–Trinajstić information content (AvgIpc) is 3.07. The van der Waals surface area contributed by atoms with Crippen molar-refractivity contribution in [2.24, 2.45) is 22.2 Å². The Hall–Kier alpha value is -4.11. The van der Waals surface area contributed by atoms with E-state index in [1.165, 1.54) is 24.3 Å². The highest BCUT2D eigenvalue weighted by molar-refractivity contribution is 7.80. The van der Waals surface area contributed by atoms with E-state index < -0.39 is 58.8 Å². The molecule has 194 valence electrons. The topological polar surface area (TPSA) is 235 Å².